The number of hydrogen-bond acceptors (Lipinski definition) is 4. The van der Waals surface area contributed by atoms with Crippen molar-refractivity contribution < 1.29 is 14.3 Å². The third-order valence-electron chi connectivity index (χ3n) is 3.36. The summed E-state index contributed by atoms with van der Waals surface area (Å²) in [5, 5.41) is 3.21. The number of nitrogens with one attached hydrogen (secondary N) is 1. The topological polar surface area (TPSA) is 58.6 Å². The molecule has 5 heteroatoms. The molecule has 1 amide bonds. The quantitative estimate of drug-likeness (QED) is 0.725. The van der Waals surface area contributed by atoms with Crippen molar-refractivity contribution in [2.75, 3.05) is 27.2 Å². The van der Waals surface area contributed by atoms with Crippen molar-refractivity contribution in [3.63, 3.8) is 0 Å². The molecule has 0 spiro atoms. The number of amides is 1. The number of esters is 1. The van der Waals surface area contributed by atoms with Gasteiger partial charge in [0.1, 0.15) is 6.54 Å². The number of ether oxygens (including phenoxy) is 1. The van der Waals surface area contributed by atoms with Crippen LogP contribution in [0.3, 0.4) is 0 Å². The zero-order chi connectivity index (χ0) is 12.8. The third-order valence-corrected chi connectivity index (χ3v) is 3.36. The molecule has 0 bridgehead atoms. The molecule has 0 aliphatic carbocycles. The zero-order valence-corrected chi connectivity index (χ0v) is 10.9. The molecule has 0 radical (unpaired) electrons. The maximum Gasteiger partial charge on any atom is 0.325 e. The van der Waals surface area contributed by atoms with Gasteiger partial charge in [0.25, 0.3) is 0 Å². The summed E-state index contributed by atoms with van der Waals surface area (Å²) in [6.45, 7) is 3.04. The smallest absolute Gasteiger partial charge is 0.325 e. The molecule has 1 fully saturated rings. The van der Waals surface area contributed by atoms with Gasteiger partial charge < -0.3 is 15.0 Å². The lowest BCUT2D eigenvalue weighted by molar-refractivity contribution is -0.147. The van der Waals surface area contributed by atoms with Crippen molar-refractivity contribution in [3.05, 3.63) is 0 Å². The molecule has 1 aliphatic heterocycles. The van der Waals surface area contributed by atoms with Gasteiger partial charge in [0, 0.05) is 7.05 Å². The number of hydrogen-bond donors (Lipinski definition) is 1. The summed E-state index contributed by atoms with van der Waals surface area (Å²) in [5.74, 6) is 0.203. The minimum Gasteiger partial charge on any atom is -0.468 e. The fraction of sp³-hybridized carbons (Fsp3) is 0.833. The van der Waals surface area contributed by atoms with Crippen LogP contribution in [-0.4, -0.2) is 50.1 Å². The first-order valence-corrected chi connectivity index (χ1v) is 6.13. The maximum atomic E-state index is 12.1. The van der Waals surface area contributed by atoms with Gasteiger partial charge in [-0.2, -0.15) is 0 Å². The van der Waals surface area contributed by atoms with Gasteiger partial charge in [-0.3, -0.25) is 9.59 Å². The van der Waals surface area contributed by atoms with Crippen molar-refractivity contribution in [2.24, 2.45) is 5.92 Å². The normalized spacial score (nSPS) is 24.2. The third kappa shape index (κ3) is 4.00. The summed E-state index contributed by atoms with van der Waals surface area (Å²) in [6.07, 6.45) is 3.09. The average molecular weight is 242 g/mol. The van der Waals surface area contributed by atoms with E-state index in [-0.39, 0.29) is 24.5 Å². The van der Waals surface area contributed by atoms with Crippen molar-refractivity contribution in [3.8, 4) is 0 Å². The fourth-order valence-electron chi connectivity index (χ4n) is 2.16. The monoisotopic (exact) mass is 242 g/mol. The SMILES string of the molecule is CCC1CCNC(C(=O)N(C)CC(=O)OC)C1. The van der Waals surface area contributed by atoms with Gasteiger partial charge in [-0.25, -0.2) is 0 Å². The molecule has 5 nitrogen and oxygen atoms in total. The summed E-state index contributed by atoms with van der Waals surface area (Å²) in [4.78, 5) is 24.6. The second kappa shape index (κ2) is 6.59. The van der Waals surface area contributed by atoms with Crippen LogP contribution in [0.1, 0.15) is 26.2 Å². The summed E-state index contributed by atoms with van der Waals surface area (Å²) < 4.78 is 4.55. The van der Waals surface area contributed by atoms with E-state index in [9.17, 15) is 9.59 Å². The number of nitrogens with zero attached hydrogens (tertiary/aromatic N) is 1. The van der Waals surface area contributed by atoms with Crippen LogP contribution in [0.25, 0.3) is 0 Å². The van der Waals surface area contributed by atoms with E-state index in [0.717, 1.165) is 25.8 Å². The Kier molecular flexibility index (Phi) is 5.41. The molecule has 2 atom stereocenters. The van der Waals surface area contributed by atoms with Gasteiger partial charge >= 0.3 is 5.97 Å². The molecule has 2 unspecified atom stereocenters. The molecule has 0 aromatic carbocycles. The van der Waals surface area contributed by atoms with E-state index in [1.165, 1.54) is 12.0 Å². The van der Waals surface area contributed by atoms with Crippen LogP contribution in [-0.2, 0) is 14.3 Å². The van der Waals surface area contributed by atoms with Gasteiger partial charge in [0.05, 0.1) is 13.2 Å². The number of carbonyl (C=O) groups is 2. The molecule has 1 heterocycles. The van der Waals surface area contributed by atoms with Crippen LogP contribution in [0.5, 0.6) is 0 Å². The Morgan fingerprint density at radius 2 is 2.18 bits per heavy atom. The summed E-state index contributed by atoms with van der Waals surface area (Å²) in [7, 11) is 2.96. The summed E-state index contributed by atoms with van der Waals surface area (Å²) in [6, 6.07) is -0.150. The van der Waals surface area contributed by atoms with Gasteiger partial charge in [-0.05, 0) is 25.3 Å². The van der Waals surface area contributed by atoms with E-state index < -0.39 is 0 Å². The largest absolute Gasteiger partial charge is 0.468 e. The molecule has 0 aromatic heterocycles. The number of methoxy groups -OCH3 is 1. The molecular formula is C12H22N2O3. The average Bonchev–Trinajstić information content (AvgIpc) is 2.37. The first-order chi connectivity index (χ1) is 8.08. The predicted octanol–water partition coefficient (Wildman–Crippen LogP) is 0.396. The van der Waals surface area contributed by atoms with Gasteiger partial charge in [-0.1, -0.05) is 13.3 Å². The second-order valence-corrected chi connectivity index (χ2v) is 4.58. The van der Waals surface area contributed by atoms with Crippen molar-refractivity contribution >= 4 is 11.9 Å². The van der Waals surface area contributed by atoms with E-state index in [1.54, 1.807) is 7.05 Å². The minimum atomic E-state index is -0.385. The highest BCUT2D eigenvalue weighted by Gasteiger charge is 2.28. The van der Waals surface area contributed by atoms with Gasteiger partial charge in [0.2, 0.25) is 5.91 Å². The molecule has 17 heavy (non-hydrogen) atoms. The molecule has 1 saturated heterocycles. The number of likely N-dealkylation sites (N-methyl/N-ethyl adjacent to an activating group) is 1. The molecule has 0 saturated carbocycles. The molecule has 1 rings (SSSR count). The zero-order valence-electron chi connectivity index (χ0n) is 10.9. The molecule has 0 aromatic rings. The lowest BCUT2D eigenvalue weighted by Crippen LogP contribution is -2.50. The van der Waals surface area contributed by atoms with Crippen LogP contribution in [0.2, 0.25) is 0 Å². The van der Waals surface area contributed by atoms with E-state index in [1.807, 2.05) is 0 Å². The number of rotatable bonds is 4. The highest BCUT2D eigenvalue weighted by Crippen LogP contribution is 2.20. The highest BCUT2D eigenvalue weighted by molar-refractivity contribution is 5.85. The van der Waals surface area contributed by atoms with Crippen LogP contribution in [0.4, 0.5) is 0 Å². The molecule has 98 valence electrons. The van der Waals surface area contributed by atoms with Crippen LogP contribution in [0.15, 0.2) is 0 Å². The van der Waals surface area contributed by atoms with Crippen molar-refractivity contribution in [2.45, 2.75) is 32.2 Å². The standard InChI is InChI=1S/C12H22N2O3/c1-4-9-5-6-13-10(7-9)12(16)14(2)8-11(15)17-3/h9-10,13H,4-8H2,1-3H3. The molecule has 1 N–H and O–H groups in total. The number of carbonyl (C=O) groups excluding carboxylic acids is 2. The molecule has 1 aliphatic rings. The Morgan fingerprint density at radius 3 is 2.76 bits per heavy atom. The Morgan fingerprint density at radius 1 is 1.47 bits per heavy atom. The van der Waals surface area contributed by atoms with Crippen molar-refractivity contribution in [1.82, 2.24) is 10.2 Å². The van der Waals surface area contributed by atoms with E-state index in [4.69, 9.17) is 0 Å². The minimum absolute atomic E-state index is 0.0182. The first-order valence-electron chi connectivity index (χ1n) is 6.13. The highest BCUT2D eigenvalue weighted by atomic mass is 16.5. The Labute approximate surface area is 102 Å². The van der Waals surface area contributed by atoms with Crippen molar-refractivity contribution in [1.29, 1.82) is 0 Å². The van der Waals surface area contributed by atoms with E-state index in [2.05, 4.69) is 17.0 Å². The Bertz CT molecular complexity index is 281. The summed E-state index contributed by atoms with van der Waals surface area (Å²) >= 11 is 0. The molecular weight excluding hydrogens is 220 g/mol. The second-order valence-electron chi connectivity index (χ2n) is 4.58. The van der Waals surface area contributed by atoms with E-state index in [0.29, 0.717) is 5.92 Å². The maximum absolute atomic E-state index is 12.1. The van der Waals surface area contributed by atoms with Crippen LogP contribution in [0, 0.1) is 5.92 Å². The van der Waals surface area contributed by atoms with Gasteiger partial charge in [-0.15, -0.1) is 0 Å². The van der Waals surface area contributed by atoms with E-state index >= 15 is 0 Å². The first kappa shape index (κ1) is 14.0. The van der Waals surface area contributed by atoms with Crippen LogP contribution < -0.4 is 5.32 Å². The lowest BCUT2D eigenvalue weighted by Gasteiger charge is -2.31. The Balaban J connectivity index is 2.48. The Hall–Kier alpha value is -1.10. The lowest BCUT2D eigenvalue weighted by atomic mass is 9.90. The fourth-order valence-corrected chi connectivity index (χ4v) is 2.16. The predicted molar refractivity (Wildman–Crippen MR) is 64.5 cm³/mol. The summed E-state index contributed by atoms with van der Waals surface area (Å²) in [5.41, 5.74) is 0. The van der Waals surface area contributed by atoms with Crippen LogP contribution >= 0.6 is 0 Å². The number of piperidine rings is 1. The van der Waals surface area contributed by atoms with Gasteiger partial charge in [0.15, 0.2) is 0 Å².